The van der Waals surface area contributed by atoms with Gasteiger partial charge < -0.3 is 10.1 Å². The highest BCUT2D eigenvalue weighted by molar-refractivity contribution is 8.00. The number of nitrogens with zero attached hydrogens (tertiary/aromatic N) is 1. The zero-order valence-electron chi connectivity index (χ0n) is 18.2. The van der Waals surface area contributed by atoms with E-state index in [1.807, 2.05) is 72.1 Å². The zero-order chi connectivity index (χ0) is 23.8. The van der Waals surface area contributed by atoms with Crippen LogP contribution in [0, 0.1) is 0 Å². The Labute approximate surface area is 217 Å². The van der Waals surface area contributed by atoms with Gasteiger partial charge in [0.05, 0.1) is 12.1 Å². The summed E-state index contributed by atoms with van der Waals surface area (Å²) in [7, 11) is 0. The van der Waals surface area contributed by atoms with Gasteiger partial charge in [0.2, 0.25) is 5.91 Å². The largest absolute Gasteiger partial charge is 0.489 e. The lowest BCUT2D eigenvalue weighted by molar-refractivity contribution is -0.120. The summed E-state index contributed by atoms with van der Waals surface area (Å²) in [6, 6.07) is 23.3. The van der Waals surface area contributed by atoms with Crippen molar-refractivity contribution >= 4 is 52.2 Å². The maximum absolute atomic E-state index is 12.4. The normalized spacial score (nSPS) is 10.8. The zero-order valence-corrected chi connectivity index (χ0v) is 21.3. The first kappa shape index (κ1) is 24.6. The van der Waals surface area contributed by atoms with Gasteiger partial charge in [-0.3, -0.25) is 4.79 Å². The van der Waals surface area contributed by atoms with E-state index in [0.29, 0.717) is 28.9 Å². The molecule has 4 aromatic rings. The van der Waals surface area contributed by atoms with Crippen LogP contribution in [-0.2, 0) is 30.1 Å². The van der Waals surface area contributed by atoms with Gasteiger partial charge in [0.25, 0.3) is 0 Å². The van der Waals surface area contributed by atoms with Crippen LogP contribution in [0.25, 0.3) is 0 Å². The number of thioether (sulfide) groups is 1. The topological polar surface area (TPSA) is 51.2 Å². The first-order valence-corrected chi connectivity index (χ1v) is 13.2. The molecule has 1 amide bonds. The van der Waals surface area contributed by atoms with E-state index < -0.39 is 0 Å². The summed E-state index contributed by atoms with van der Waals surface area (Å²) >= 11 is 15.3. The van der Waals surface area contributed by atoms with Crippen LogP contribution >= 0.6 is 46.3 Å². The van der Waals surface area contributed by atoms with E-state index in [1.54, 1.807) is 17.8 Å². The van der Waals surface area contributed by atoms with Crippen molar-refractivity contribution in [2.24, 2.45) is 0 Å². The SMILES string of the molecule is O=C(Cc1csc(SCc2ccc(Cl)cc2Cl)n1)NCc1ccc(OCc2ccccc2)cc1. The lowest BCUT2D eigenvalue weighted by Gasteiger charge is -2.08. The van der Waals surface area contributed by atoms with Crippen molar-refractivity contribution < 1.29 is 9.53 Å². The predicted molar refractivity (Wildman–Crippen MR) is 141 cm³/mol. The molecule has 0 atom stereocenters. The van der Waals surface area contributed by atoms with Crippen LogP contribution in [0.1, 0.15) is 22.4 Å². The van der Waals surface area contributed by atoms with Crippen LogP contribution in [0.5, 0.6) is 5.75 Å². The Kier molecular flexibility index (Phi) is 8.88. The number of nitrogens with one attached hydrogen (secondary N) is 1. The Bertz CT molecular complexity index is 1230. The monoisotopic (exact) mass is 528 g/mol. The van der Waals surface area contributed by atoms with E-state index >= 15 is 0 Å². The van der Waals surface area contributed by atoms with Gasteiger partial charge in [-0.1, -0.05) is 83.5 Å². The third-order valence-electron chi connectivity index (χ3n) is 4.90. The molecular formula is C26H22Cl2N2O2S2. The molecule has 0 saturated carbocycles. The van der Waals surface area contributed by atoms with Crippen molar-refractivity contribution in [1.29, 1.82) is 0 Å². The molecular weight excluding hydrogens is 507 g/mol. The number of carbonyl (C=O) groups is 1. The number of hydrogen-bond donors (Lipinski definition) is 1. The van der Waals surface area contributed by atoms with Gasteiger partial charge in [-0.15, -0.1) is 11.3 Å². The van der Waals surface area contributed by atoms with Crippen LogP contribution in [-0.4, -0.2) is 10.9 Å². The van der Waals surface area contributed by atoms with Gasteiger partial charge in [-0.25, -0.2) is 4.98 Å². The van der Waals surface area contributed by atoms with Gasteiger partial charge in [0, 0.05) is 27.7 Å². The summed E-state index contributed by atoms with van der Waals surface area (Å²) in [5.74, 6) is 1.43. The average Bonchev–Trinajstić information content (AvgIpc) is 3.29. The number of benzene rings is 3. The number of aromatic nitrogens is 1. The number of rotatable bonds is 10. The van der Waals surface area contributed by atoms with E-state index in [1.165, 1.54) is 11.3 Å². The van der Waals surface area contributed by atoms with Gasteiger partial charge in [-0.05, 0) is 41.0 Å². The van der Waals surface area contributed by atoms with Crippen molar-refractivity contribution in [2.75, 3.05) is 0 Å². The van der Waals surface area contributed by atoms with Crippen LogP contribution < -0.4 is 10.1 Å². The van der Waals surface area contributed by atoms with E-state index in [0.717, 1.165) is 32.5 Å². The molecule has 4 nitrogen and oxygen atoms in total. The summed E-state index contributed by atoms with van der Waals surface area (Å²) < 4.78 is 6.71. The van der Waals surface area contributed by atoms with Crippen molar-refractivity contribution in [3.05, 3.63) is 111 Å². The molecule has 0 aliphatic carbocycles. The number of thiazole rings is 1. The molecule has 3 aromatic carbocycles. The van der Waals surface area contributed by atoms with Crippen LogP contribution in [0.3, 0.4) is 0 Å². The number of hydrogen-bond acceptors (Lipinski definition) is 5. The molecule has 0 fully saturated rings. The van der Waals surface area contributed by atoms with E-state index in [9.17, 15) is 4.79 Å². The molecule has 1 N–H and O–H groups in total. The molecule has 174 valence electrons. The smallest absolute Gasteiger partial charge is 0.226 e. The van der Waals surface area contributed by atoms with Gasteiger partial charge in [-0.2, -0.15) is 0 Å². The fraction of sp³-hybridized carbons (Fsp3) is 0.154. The minimum atomic E-state index is -0.0630. The molecule has 0 saturated heterocycles. The maximum atomic E-state index is 12.4. The number of halogens is 2. The molecule has 1 heterocycles. The van der Waals surface area contributed by atoms with Crippen molar-refractivity contribution in [3.8, 4) is 5.75 Å². The predicted octanol–water partition coefficient (Wildman–Crippen LogP) is 7.18. The fourth-order valence-electron chi connectivity index (χ4n) is 3.09. The Balaban J connectivity index is 1.20. The van der Waals surface area contributed by atoms with Gasteiger partial charge in [0.1, 0.15) is 16.7 Å². The summed E-state index contributed by atoms with van der Waals surface area (Å²) in [5.41, 5.74) is 3.89. The molecule has 0 spiro atoms. The second kappa shape index (κ2) is 12.3. The Morgan fingerprint density at radius 3 is 2.56 bits per heavy atom. The third kappa shape index (κ3) is 7.50. The molecule has 4 rings (SSSR count). The first-order chi connectivity index (χ1) is 16.5. The van der Waals surface area contributed by atoms with Gasteiger partial charge in [0.15, 0.2) is 0 Å². The quantitative estimate of drug-likeness (QED) is 0.221. The molecule has 1 aromatic heterocycles. The van der Waals surface area contributed by atoms with E-state index in [4.69, 9.17) is 27.9 Å². The molecule has 8 heteroatoms. The third-order valence-corrected chi connectivity index (χ3v) is 7.61. The van der Waals surface area contributed by atoms with Gasteiger partial charge >= 0.3 is 0 Å². The highest BCUT2D eigenvalue weighted by Crippen LogP contribution is 2.30. The molecule has 0 radical (unpaired) electrons. The molecule has 0 aliphatic heterocycles. The number of amides is 1. The minimum absolute atomic E-state index is 0.0630. The van der Waals surface area contributed by atoms with Crippen LogP contribution in [0.2, 0.25) is 10.0 Å². The van der Waals surface area contributed by atoms with Crippen molar-refractivity contribution in [1.82, 2.24) is 10.3 Å². The second-order valence-corrected chi connectivity index (χ2v) is 10.4. The Hall–Kier alpha value is -2.51. The lowest BCUT2D eigenvalue weighted by Crippen LogP contribution is -2.24. The van der Waals surface area contributed by atoms with Crippen molar-refractivity contribution in [3.63, 3.8) is 0 Å². The summed E-state index contributed by atoms with van der Waals surface area (Å²) in [6.45, 7) is 0.982. The molecule has 0 aliphatic rings. The minimum Gasteiger partial charge on any atom is -0.489 e. The number of ether oxygens (including phenoxy) is 1. The summed E-state index contributed by atoms with van der Waals surface area (Å²) in [6.07, 6.45) is 0.247. The molecule has 0 bridgehead atoms. The van der Waals surface area contributed by atoms with Crippen LogP contribution in [0.4, 0.5) is 0 Å². The molecule has 34 heavy (non-hydrogen) atoms. The van der Waals surface area contributed by atoms with E-state index in [2.05, 4.69) is 10.3 Å². The molecule has 0 unspecified atom stereocenters. The van der Waals surface area contributed by atoms with Crippen molar-refractivity contribution in [2.45, 2.75) is 29.7 Å². The highest BCUT2D eigenvalue weighted by Gasteiger charge is 2.10. The fourth-order valence-corrected chi connectivity index (χ4v) is 5.49. The van der Waals surface area contributed by atoms with E-state index in [-0.39, 0.29) is 12.3 Å². The Morgan fingerprint density at radius 2 is 1.79 bits per heavy atom. The lowest BCUT2D eigenvalue weighted by atomic mass is 10.2. The Morgan fingerprint density at radius 1 is 1.00 bits per heavy atom. The average molecular weight is 530 g/mol. The van der Waals surface area contributed by atoms with Crippen LogP contribution in [0.15, 0.2) is 82.5 Å². The second-order valence-electron chi connectivity index (χ2n) is 7.50. The summed E-state index contributed by atoms with van der Waals surface area (Å²) in [5, 5.41) is 6.14. The highest BCUT2D eigenvalue weighted by atomic mass is 35.5. The standard InChI is InChI=1S/C26H22Cl2N2O2S2/c27-21-9-8-20(24(28)12-21)16-33-26-30-22(17-34-26)13-25(31)29-14-18-6-10-23(11-7-18)32-15-19-4-2-1-3-5-19/h1-12,17H,13-16H2,(H,29,31). The number of carbonyl (C=O) groups excluding carboxylic acids is 1. The summed E-state index contributed by atoms with van der Waals surface area (Å²) in [4.78, 5) is 16.9. The maximum Gasteiger partial charge on any atom is 0.226 e. The first-order valence-electron chi connectivity index (χ1n) is 10.6.